The predicted molar refractivity (Wildman–Crippen MR) is 80.2 cm³/mol. The maximum atomic E-state index is 12.0. The Morgan fingerprint density at radius 1 is 1.50 bits per heavy atom. The summed E-state index contributed by atoms with van der Waals surface area (Å²) in [6.07, 6.45) is 3.20. The molecule has 1 aliphatic heterocycles. The smallest absolute Gasteiger partial charge is 0.230 e. The molecule has 1 amide bonds. The number of anilines is 1. The van der Waals surface area contributed by atoms with Crippen LogP contribution in [0.5, 0.6) is 5.75 Å². The number of carbonyl (C=O) groups is 1. The molecule has 2 atom stereocenters. The lowest BCUT2D eigenvalue weighted by molar-refractivity contribution is -0.907. The highest BCUT2D eigenvalue weighted by molar-refractivity contribution is 5.90. The van der Waals surface area contributed by atoms with Gasteiger partial charge in [-0.2, -0.15) is 0 Å². The van der Waals surface area contributed by atoms with Crippen LogP contribution < -0.4 is 15.0 Å². The third-order valence-electron chi connectivity index (χ3n) is 3.92. The fourth-order valence-electron chi connectivity index (χ4n) is 2.84. The van der Waals surface area contributed by atoms with E-state index in [9.17, 15) is 4.79 Å². The van der Waals surface area contributed by atoms with E-state index in [0.29, 0.717) is 6.42 Å². The van der Waals surface area contributed by atoms with Gasteiger partial charge in [-0.3, -0.25) is 4.79 Å². The summed E-state index contributed by atoms with van der Waals surface area (Å²) in [5.74, 6) is 1.64. The van der Waals surface area contributed by atoms with E-state index in [4.69, 9.17) is 4.74 Å². The van der Waals surface area contributed by atoms with E-state index in [1.54, 1.807) is 12.0 Å². The zero-order valence-electron chi connectivity index (χ0n) is 12.4. The standard InChI is InChI=1S/C16H24N2O2/c1-13-5-4-9-18(12-13)10-8-16(19)17-14-6-3-7-15(11-14)20-2/h3,6-7,11,13H,4-5,8-10,12H2,1-2H3,(H,17,19)/p+1. The summed E-state index contributed by atoms with van der Waals surface area (Å²) in [4.78, 5) is 13.5. The van der Waals surface area contributed by atoms with Gasteiger partial charge in [-0.15, -0.1) is 0 Å². The first-order valence-electron chi connectivity index (χ1n) is 7.45. The van der Waals surface area contributed by atoms with Crippen LogP contribution in [-0.2, 0) is 4.79 Å². The van der Waals surface area contributed by atoms with Gasteiger partial charge in [-0.05, 0) is 25.0 Å². The van der Waals surface area contributed by atoms with E-state index >= 15 is 0 Å². The van der Waals surface area contributed by atoms with E-state index in [-0.39, 0.29) is 5.91 Å². The van der Waals surface area contributed by atoms with Crippen LogP contribution in [0.2, 0.25) is 0 Å². The number of rotatable bonds is 5. The first-order valence-corrected chi connectivity index (χ1v) is 7.45. The average Bonchev–Trinajstić information content (AvgIpc) is 2.45. The molecule has 1 aromatic carbocycles. The molecule has 110 valence electrons. The highest BCUT2D eigenvalue weighted by atomic mass is 16.5. The van der Waals surface area contributed by atoms with Crippen LogP contribution in [0.3, 0.4) is 0 Å². The summed E-state index contributed by atoms with van der Waals surface area (Å²) in [6, 6.07) is 7.48. The molecule has 1 heterocycles. The van der Waals surface area contributed by atoms with Crippen molar-refractivity contribution in [2.24, 2.45) is 5.92 Å². The molecule has 1 saturated heterocycles. The number of ether oxygens (including phenoxy) is 1. The number of piperidine rings is 1. The van der Waals surface area contributed by atoms with Crippen molar-refractivity contribution in [3.05, 3.63) is 24.3 Å². The zero-order valence-corrected chi connectivity index (χ0v) is 12.4. The molecule has 1 aliphatic rings. The molecule has 0 radical (unpaired) electrons. The maximum Gasteiger partial charge on any atom is 0.230 e. The van der Waals surface area contributed by atoms with Crippen molar-refractivity contribution in [3.8, 4) is 5.75 Å². The molecule has 4 nitrogen and oxygen atoms in total. The van der Waals surface area contributed by atoms with Gasteiger partial charge < -0.3 is 15.0 Å². The van der Waals surface area contributed by atoms with Gasteiger partial charge in [-0.25, -0.2) is 0 Å². The fourth-order valence-corrected chi connectivity index (χ4v) is 2.84. The van der Waals surface area contributed by atoms with Crippen LogP contribution >= 0.6 is 0 Å². The van der Waals surface area contributed by atoms with Crippen LogP contribution in [-0.4, -0.2) is 32.7 Å². The molecule has 0 bridgehead atoms. The fraction of sp³-hybridized carbons (Fsp3) is 0.562. The summed E-state index contributed by atoms with van der Waals surface area (Å²) >= 11 is 0. The molecule has 20 heavy (non-hydrogen) atoms. The van der Waals surface area contributed by atoms with Crippen LogP contribution in [0.25, 0.3) is 0 Å². The van der Waals surface area contributed by atoms with E-state index in [1.807, 2.05) is 24.3 Å². The van der Waals surface area contributed by atoms with Crippen molar-refractivity contribution in [3.63, 3.8) is 0 Å². The third-order valence-corrected chi connectivity index (χ3v) is 3.92. The van der Waals surface area contributed by atoms with Gasteiger partial charge in [0.25, 0.3) is 0 Å². The van der Waals surface area contributed by atoms with Gasteiger partial charge in [0.2, 0.25) is 5.91 Å². The Balaban J connectivity index is 1.77. The number of likely N-dealkylation sites (tertiary alicyclic amines) is 1. The molecule has 4 heteroatoms. The molecule has 0 aliphatic carbocycles. The van der Waals surface area contributed by atoms with Crippen LogP contribution in [0.4, 0.5) is 5.69 Å². The van der Waals surface area contributed by atoms with Crippen molar-refractivity contribution in [1.29, 1.82) is 0 Å². The highest BCUT2D eigenvalue weighted by Gasteiger charge is 2.20. The molecule has 0 spiro atoms. The van der Waals surface area contributed by atoms with Crippen molar-refractivity contribution >= 4 is 11.6 Å². The van der Waals surface area contributed by atoms with Gasteiger partial charge in [-0.1, -0.05) is 13.0 Å². The zero-order chi connectivity index (χ0) is 14.4. The Morgan fingerprint density at radius 3 is 3.10 bits per heavy atom. The van der Waals surface area contributed by atoms with E-state index in [0.717, 1.165) is 23.9 Å². The van der Waals surface area contributed by atoms with Crippen molar-refractivity contribution < 1.29 is 14.4 Å². The lowest BCUT2D eigenvalue weighted by atomic mass is 10.0. The molecular weight excluding hydrogens is 252 g/mol. The Morgan fingerprint density at radius 2 is 2.35 bits per heavy atom. The number of hydrogen-bond acceptors (Lipinski definition) is 2. The minimum atomic E-state index is 0.0870. The van der Waals surface area contributed by atoms with Crippen LogP contribution in [0.15, 0.2) is 24.3 Å². The number of methoxy groups -OCH3 is 1. The second-order valence-electron chi connectivity index (χ2n) is 5.73. The predicted octanol–water partition coefficient (Wildman–Crippen LogP) is 1.34. The normalized spacial score (nSPS) is 22.3. The quantitative estimate of drug-likeness (QED) is 0.853. The molecule has 2 rings (SSSR count). The van der Waals surface area contributed by atoms with Gasteiger partial charge in [0.05, 0.1) is 33.2 Å². The third kappa shape index (κ3) is 4.53. The SMILES string of the molecule is COc1cccc(NC(=O)CC[NH+]2CCCC(C)C2)c1. The summed E-state index contributed by atoms with van der Waals surface area (Å²) in [5, 5.41) is 2.94. The number of quaternary nitrogens is 1. The summed E-state index contributed by atoms with van der Waals surface area (Å²) < 4.78 is 5.15. The number of nitrogens with one attached hydrogen (secondary N) is 2. The average molecular weight is 277 g/mol. The second-order valence-corrected chi connectivity index (χ2v) is 5.73. The number of carbonyl (C=O) groups excluding carboxylic acids is 1. The lowest BCUT2D eigenvalue weighted by Gasteiger charge is -2.27. The van der Waals surface area contributed by atoms with Crippen molar-refractivity contribution in [2.45, 2.75) is 26.2 Å². The summed E-state index contributed by atoms with van der Waals surface area (Å²) in [6.45, 7) is 5.64. The Hall–Kier alpha value is -1.55. The molecule has 0 aromatic heterocycles. The van der Waals surface area contributed by atoms with Gasteiger partial charge >= 0.3 is 0 Å². The lowest BCUT2D eigenvalue weighted by Crippen LogP contribution is -3.13. The molecular formula is C16H25N2O2+. The van der Waals surface area contributed by atoms with Gasteiger partial charge in [0.15, 0.2) is 0 Å². The first-order chi connectivity index (χ1) is 9.67. The molecule has 1 aromatic rings. The van der Waals surface area contributed by atoms with Crippen molar-refractivity contribution in [2.75, 3.05) is 32.1 Å². The second kappa shape index (κ2) is 7.29. The number of benzene rings is 1. The number of hydrogen-bond donors (Lipinski definition) is 2. The minimum absolute atomic E-state index is 0.0870. The minimum Gasteiger partial charge on any atom is -0.497 e. The number of amides is 1. The van der Waals surface area contributed by atoms with E-state index in [1.165, 1.54) is 25.9 Å². The maximum absolute atomic E-state index is 12.0. The molecule has 2 unspecified atom stereocenters. The Kier molecular flexibility index (Phi) is 5.41. The monoisotopic (exact) mass is 277 g/mol. The first kappa shape index (κ1) is 14.9. The molecule has 2 N–H and O–H groups in total. The summed E-state index contributed by atoms with van der Waals surface area (Å²) in [7, 11) is 1.63. The Bertz CT molecular complexity index is 448. The Labute approximate surface area is 121 Å². The van der Waals surface area contributed by atoms with Gasteiger partial charge in [0, 0.05) is 17.7 Å². The molecule has 1 fully saturated rings. The molecule has 0 saturated carbocycles. The highest BCUT2D eigenvalue weighted by Crippen LogP contribution is 2.16. The van der Waals surface area contributed by atoms with Gasteiger partial charge in [0.1, 0.15) is 5.75 Å². The van der Waals surface area contributed by atoms with Crippen LogP contribution in [0.1, 0.15) is 26.2 Å². The van der Waals surface area contributed by atoms with Crippen LogP contribution in [0, 0.1) is 5.92 Å². The largest absolute Gasteiger partial charge is 0.497 e. The summed E-state index contributed by atoms with van der Waals surface area (Å²) in [5.41, 5.74) is 0.802. The van der Waals surface area contributed by atoms with Crippen molar-refractivity contribution in [1.82, 2.24) is 0 Å². The van der Waals surface area contributed by atoms with E-state index < -0.39 is 0 Å². The van der Waals surface area contributed by atoms with E-state index in [2.05, 4.69) is 12.2 Å². The topological polar surface area (TPSA) is 42.8 Å².